The summed E-state index contributed by atoms with van der Waals surface area (Å²) in [6, 6.07) is 7.23. The Bertz CT molecular complexity index is 860. The molecule has 1 aromatic carbocycles. The summed E-state index contributed by atoms with van der Waals surface area (Å²) in [6.07, 6.45) is 2.92. The molecule has 0 saturated heterocycles. The first-order valence-electron chi connectivity index (χ1n) is 6.17. The zero-order valence-corrected chi connectivity index (χ0v) is 11.5. The standard InChI is InChI=1S/C14H12N4O3/c1-20-10-6-4-3-5-9(10)18-13(19)11-12(16-8-7-15-11)17-14(18)21-2/h3-8H,1-2H3. The second-order valence-corrected chi connectivity index (χ2v) is 4.14. The topological polar surface area (TPSA) is 79.1 Å². The van der Waals surface area contributed by atoms with E-state index in [1.165, 1.54) is 31.2 Å². The molecule has 3 rings (SSSR count). The first-order valence-corrected chi connectivity index (χ1v) is 6.17. The molecule has 0 aliphatic carbocycles. The fraction of sp³-hybridized carbons (Fsp3) is 0.143. The lowest BCUT2D eigenvalue weighted by Crippen LogP contribution is -2.23. The van der Waals surface area contributed by atoms with Crippen molar-refractivity contribution in [2.45, 2.75) is 0 Å². The quantitative estimate of drug-likeness (QED) is 0.719. The molecule has 0 fully saturated rings. The molecule has 21 heavy (non-hydrogen) atoms. The van der Waals surface area contributed by atoms with Crippen LogP contribution in [0.1, 0.15) is 0 Å². The van der Waals surface area contributed by atoms with E-state index in [-0.39, 0.29) is 22.7 Å². The summed E-state index contributed by atoms with van der Waals surface area (Å²) in [6.45, 7) is 0. The third kappa shape index (κ3) is 2.08. The lowest BCUT2D eigenvalue weighted by molar-refractivity contribution is 0.363. The van der Waals surface area contributed by atoms with Crippen LogP contribution >= 0.6 is 0 Å². The fourth-order valence-electron chi connectivity index (χ4n) is 2.06. The molecule has 0 aliphatic rings. The minimum absolute atomic E-state index is 0.123. The number of hydrogen-bond donors (Lipinski definition) is 0. The van der Waals surface area contributed by atoms with Crippen molar-refractivity contribution in [1.82, 2.24) is 19.5 Å². The molecule has 0 atom stereocenters. The maximum atomic E-state index is 12.7. The van der Waals surface area contributed by atoms with E-state index >= 15 is 0 Å². The van der Waals surface area contributed by atoms with Crippen LogP contribution in [0.2, 0.25) is 0 Å². The van der Waals surface area contributed by atoms with Crippen molar-refractivity contribution >= 4 is 11.2 Å². The molecule has 0 amide bonds. The third-order valence-corrected chi connectivity index (χ3v) is 2.99. The zero-order chi connectivity index (χ0) is 14.8. The van der Waals surface area contributed by atoms with Gasteiger partial charge in [-0.3, -0.25) is 4.79 Å². The summed E-state index contributed by atoms with van der Waals surface area (Å²) < 4.78 is 11.8. The van der Waals surface area contributed by atoms with Gasteiger partial charge in [-0.1, -0.05) is 12.1 Å². The van der Waals surface area contributed by atoms with E-state index in [4.69, 9.17) is 9.47 Å². The third-order valence-electron chi connectivity index (χ3n) is 2.99. The molecular formula is C14H12N4O3. The SMILES string of the molecule is COc1ccccc1-n1c(OC)nc2nccnc2c1=O. The Morgan fingerprint density at radius 2 is 1.81 bits per heavy atom. The minimum Gasteiger partial charge on any atom is -0.495 e. The Hall–Kier alpha value is -2.96. The molecule has 7 nitrogen and oxygen atoms in total. The van der Waals surface area contributed by atoms with Gasteiger partial charge in [0.1, 0.15) is 5.75 Å². The molecule has 106 valence electrons. The van der Waals surface area contributed by atoms with Gasteiger partial charge < -0.3 is 9.47 Å². The average molecular weight is 284 g/mol. The summed E-state index contributed by atoms with van der Waals surface area (Å²) in [4.78, 5) is 25.0. The van der Waals surface area contributed by atoms with Crippen LogP contribution in [0.4, 0.5) is 0 Å². The maximum absolute atomic E-state index is 12.7. The van der Waals surface area contributed by atoms with E-state index < -0.39 is 0 Å². The van der Waals surface area contributed by atoms with E-state index in [0.29, 0.717) is 11.4 Å². The molecule has 0 radical (unpaired) electrons. The van der Waals surface area contributed by atoms with Crippen LogP contribution in [-0.2, 0) is 0 Å². The van der Waals surface area contributed by atoms with Gasteiger partial charge in [-0.05, 0) is 12.1 Å². The predicted octanol–water partition coefficient (Wildman–Crippen LogP) is 1.19. The van der Waals surface area contributed by atoms with E-state index in [9.17, 15) is 4.79 Å². The van der Waals surface area contributed by atoms with Gasteiger partial charge in [-0.15, -0.1) is 0 Å². The molecule has 0 bridgehead atoms. The summed E-state index contributed by atoms with van der Waals surface area (Å²) >= 11 is 0. The average Bonchev–Trinajstić information content (AvgIpc) is 2.54. The highest BCUT2D eigenvalue weighted by Gasteiger charge is 2.17. The molecule has 0 saturated carbocycles. The summed E-state index contributed by atoms with van der Waals surface area (Å²) in [5.41, 5.74) is 0.575. The van der Waals surface area contributed by atoms with Crippen LogP contribution in [0.25, 0.3) is 16.9 Å². The number of benzene rings is 1. The van der Waals surface area contributed by atoms with E-state index in [1.54, 1.807) is 18.2 Å². The molecule has 0 aliphatic heterocycles. The Balaban J connectivity index is 2.41. The molecule has 7 heteroatoms. The van der Waals surface area contributed by atoms with Crippen molar-refractivity contribution in [3.63, 3.8) is 0 Å². The van der Waals surface area contributed by atoms with E-state index in [0.717, 1.165) is 0 Å². The van der Waals surface area contributed by atoms with Crippen molar-refractivity contribution in [2.75, 3.05) is 14.2 Å². The molecular weight excluding hydrogens is 272 g/mol. The van der Waals surface area contributed by atoms with Crippen molar-refractivity contribution < 1.29 is 9.47 Å². The van der Waals surface area contributed by atoms with Gasteiger partial charge in [0.05, 0.1) is 19.9 Å². The largest absolute Gasteiger partial charge is 0.495 e. The molecule has 2 heterocycles. The summed E-state index contributed by atoms with van der Waals surface area (Å²) in [5, 5.41) is 0. The zero-order valence-electron chi connectivity index (χ0n) is 11.5. The Morgan fingerprint density at radius 3 is 2.57 bits per heavy atom. The van der Waals surface area contributed by atoms with Gasteiger partial charge in [-0.2, -0.15) is 4.98 Å². The second-order valence-electron chi connectivity index (χ2n) is 4.14. The Kier molecular flexibility index (Phi) is 3.23. The van der Waals surface area contributed by atoms with Gasteiger partial charge in [0.25, 0.3) is 5.56 Å². The summed E-state index contributed by atoms with van der Waals surface area (Å²) in [7, 11) is 2.97. The van der Waals surface area contributed by atoms with Gasteiger partial charge in [-0.25, -0.2) is 14.5 Å². The van der Waals surface area contributed by atoms with E-state index in [1.807, 2.05) is 6.07 Å². The highest BCUT2D eigenvalue weighted by molar-refractivity contribution is 5.69. The van der Waals surface area contributed by atoms with Crippen LogP contribution in [0.5, 0.6) is 11.8 Å². The Morgan fingerprint density at radius 1 is 1.05 bits per heavy atom. The molecule has 2 aromatic heterocycles. The van der Waals surface area contributed by atoms with Crippen LogP contribution in [-0.4, -0.2) is 33.7 Å². The highest BCUT2D eigenvalue weighted by atomic mass is 16.5. The number of hydrogen-bond acceptors (Lipinski definition) is 6. The minimum atomic E-state index is -0.366. The van der Waals surface area contributed by atoms with Crippen molar-refractivity contribution in [3.05, 3.63) is 47.0 Å². The lowest BCUT2D eigenvalue weighted by Gasteiger charge is -2.13. The number of nitrogens with zero attached hydrogens (tertiary/aromatic N) is 4. The van der Waals surface area contributed by atoms with Crippen LogP contribution in [0.3, 0.4) is 0 Å². The van der Waals surface area contributed by atoms with Crippen LogP contribution < -0.4 is 15.0 Å². The van der Waals surface area contributed by atoms with Gasteiger partial charge in [0.2, 0.25) is 0 Å². The fourth-order valence-corrected chi connectivity index (χ4v) is 2.06. The van der Waals surface area contributed by atoms with Gasteiger partial charge in [0.15, 0.2) is 11.2 Å². The number of methoxy groups -OCH3 is 2. The highest BCUT2D eigenvalue weighted by Crippen LogP contribution is 2.24. The number of para-hydroxylation sites is 2. The van der Waals surface area contributed by atoms with Gasteiger partial charge in [0, 0.05) is 12.4 Å². The normalized spacial score (nSPS) is 10.6. The first-order chi connectivity index (χ1) is 10.3. The number of rotatable bonds is 3. The lowest BCUT2D eigenvalue weighted by atomic mass is 10.3. The maximum Gasteiger partial charge on any atom is 0.306 e. The van der Waals surface area contributed by atoms with Crippen LogP contribution in [0, 0.1) is 0 Å². The molecule has 3 aromatic rings. The van der Waals surface area contributed by atoms with Gasteiger partial charge >= 0.3 is 6.01 Å². The van der Waals surface area contributed by atoms with Crippen molar-refractivity contribution in [1.29, 1.82) is 0 Å². The first kappa shape index (κ1) is 13.0. The monoisotopic (exact) mass is 284 g/mol. The number of aromatic nitrogens is 4. The van der Waals surface area contributed by atoms with Crippen molar-refractivity contribution in [2.24, 2.45) is 0 Å². The summed E-state index contributed by atoms with van der Waals surface area (Å²) in [5.74, 6) is 0.531. The Labute approximate surface area is 119 Å². The number of ether oxygens (including phenoxy) is 2. The molecule has 0 unspecified atom stereocenters. The predicted molar refractivity (Wildman–Crippen MR) is 76.0 cm³/mol. The van der Waals surface area contributed by atoms with E-state index in [2.05, 4.69) is 15.0 Å². The van der Waals surface area contributed by atoms with Crippen molar-refractivity contribution in [3.8, 4) is 17.4 Å². The molecule has 0 N–H and O–H groups in total. The molecule has 0 spiro atoms. The second kappa shape index (κ2) is 5.20. The van der Waals surface area contributed by atoms with Crippen LogP contribution in [0.15, 0.2) is 41.5 Å². The smallest absolute Gasteiger partial charge is 0.306 e. The number of fused-ring (bicyclic) bond motifs is 1.